The van der Waals surface area contributed by atoms with Crippen molar-refractivity contribution in [1.29, 1.82) is 0 Å². The van der Waals surface area contributed by atoms with E-state index in [4.69, 9.17) is 5.53 Å². The normalized spacial score (nSPS) is 11.0. The molecule has 0 aromatic heterocycles. The van der Waals surface area contributed by atoms with E-state index in [2.05, 4.69) is 4.79 Å². The minimum atomic E-state index is -2.56. The standard InChI is InChI=1S/C4H8N2O2S/c1-4(2,3-6-5)9(7)8/h3,9H,1-2H3. The molecule has 5 heteroatoms. The van der Waals surface area contributed by atoms with E-state index in [0.29, 0.717) is 0 Å². The molecule has 0 radical (unpaired) electrons. The maximum absolute atomic E-state index is 10.2. The highest BCUT2D eigenvalue weighted by atomic mass is 32.2. The largest absolute Gasteiger partial charge is 0.362 e. The van der Waals surface area contributed by atoms with E-state index in [1.807, 2.05) is 0 Å². The van der Waals surface area contributed by atoms with E-state index >= 15 is 0 Å². The third-order valence-electron chi connectivity index (χ3n) is 0.844. The predicted octanol–water partition coefficient (Wildman–Crippen LogP) is -0.323. The smallest absolute Gasteiger partial charge is 0.277 e. The average Bonchev–Trinajstić information content (AvgIpc) is 1.65. The van der Waals surface area contributed by atoms with Crippen LogP contribution in [0.2, 0.25) is 0 Å². The lowest BCUT2D eigenvalue weighted by Gasteiger charge is -2.00. The SMILES string of the molecule is CC(C)(C=[N+]=[N-])[SH](=O)=O. The van der Waals surface area contributed by atoms with Crippen molar-refractivity contribution in [3.63, 3.8) is 0 Å². The maximum Gasteiger partial charge on any atom is 0.277 e. The Kier molecular flexibility index (Phi) is 2.55. The molecular weight excluding hydrogens is 140 g/mol. The van der Waals surface area contributed by atoms with Crippen LogP contribution >= 0.6 is 0 Å². The van der Waals surface area contributed by atoms with Crippen LogP contribution in [0.4, 0.5) is 0 Å². The van der Waals surface area contributed by atoms with Crippen molar-refractivity contribution in [3.8, 4) is 0 Å². The van der Waals surface area contributed by atoms with Gasteiger partial charge in [0.2, 0.25) is 0 Å². The molecule has 0 amide bonds. The zero-order chi connectivity index (χ0) is 7.49. The Morgan fingerprint density at radius 1 is 1.56 bits per heavy atom. The van der Waals surface area contributed by atoms with Crippen LogP contribution in [-0.2, 0) is 10.7 Å². The molecule has 0 aromatic rings. The van der Waals surface area contributed by atoms with Crippen molar-refractivity contribution < 1.29 is 13.2 Å². The van der Waals surface area contributed by atoms with E-state index < -0.39 is 15.5 Å². The van der Waals surface area contributed by atoms with Gasteiger partial charge in [-0.15, -0.1) is 0 Å². The minimum Gasteiger partial charge on any atom is -0.362 e. The monoisotopic (exact) mass is 148 g/mol. The predicted molar refractivity (Wildman–Crippen MR) is 34.1 cm³/mol. The van der Waals surface area contributed by atoms with Crippen molar-refractivity contribution in [2.24, 2.45) is 0 Å². The number of nitrogens with zero attached hydrogens (tertiary/aromatic N) is 2. The van der Waals surface area contributed by atoms with Gasteiger partial charge in [0.05, 0.1) is 0 Å². The second kappa shape index (κ2) is 2.75. The van der Waals surface area contributed by atoms with Gasteiger partial charge < -0.3 is 5.53 Å². The molecule has 4 nitrogen and oxygen atoms in total. The first-order valence-corrected chi connectivity index (χ1v) is 3.51. The van der Waals surface area contributed by atoms with Crippen LogP contribution in [0.1, 0.15) is 13.8 Å². The Morgan fingerprint density at radius 2 is 2.00 bits per heavy atom. The van der Waals surface area contributed by atoms with Gasteiger partial charge in [0.25, 0.3) is 6.21 Å². The van der Waals surface area contributed by atoms with E-state index in [-0.39, 0.29) is 0 Å². The summed E-state index contributed by atoms with van der Waals surface area (Å²) in [5, 5.41) is 0. The molecule has 0 aromatic carbocycles. The van der Waals surface area contributed by atoms with Gasteiger partial charge in [-0.1, -0.05) is 0 Å². The molecule has 52 valence electrons. The fraction of sp³-hybridized carbons (Fsp3) is 0.750. The summed E-state index contributed by atoms with van der Waals surface area (Å²) >= 11 is 0. The second-order valence-corrected chi connectivity index (χ2v) is 3.82. The second-order valence-electron chi connectivity index (χ2n) is 2.16. The third-order valence-corrected chi connectivity index (χ3v) is 1.90. The molecule has 0 N–H and O–H groups in total. The van der Waals surface area contributed by atoms with Crippen LogP contribution in [0, 0.1) is 0 Å². The van der Waals surface area contributed by atoms with Crippen LogP contribution < -0.4 is 0 Å². The first-order valence-electron chi connectivity index (χ1n) is 2.34. The molecule has 9 heavy (non-hydrogen) atoms. The molecule has 0 rings (SSSR count). The fourth-order valence-electron chi connectivity index (χ4n) is 0.188. The Morgan fingerprint density at radius 3 is 2.11 bits per heavy atom. The topological polar surface area (TPSA) is 70.5 Å². The highest BCUT2D eigenvalue weighted by Gasteiger charge is 2.23. The quantitative estimate of drug-likeness (QED) is 0.252. The van der Waals surface area contributed by atoms with E-state index in [1.54, 1.807) is 0 Å². The van der Waals surface area contributed by atoms with Crippen LogP contribution in [0.25, 0.3) is 5.53 Å². The summed E-state index contributed by atoms with van der Waals surface area (Å²) in [7, 11) is -2.56. The minimum absolute atomic E-state index is 0.971. The molecule has 0 aliphatic rings. The lowest BCUT2D eigenvalue weighted by atomic mass is 10.2. The van der Waals surface area contributed by atoms with E-state index in [0.717, 1.165) is 6.21 Å². The summed E-state index contributed by atoms with van der Waals surface area (Å²) in [6.07, 6.45) is 0.971. The van der Waals surface area contributed by atoms with E-state index in [9.17, 15) is 8.42 Å². The first-order chi connectivity index (χ1) is 4.00. The van der Waals surface area contributed by atoms with Crippen molar-refractivity contribution in [3.05, 3.63) is 5.53 Å². The zero-order valence-corrected chi connectivity index (χ0v) is 6.13. The number of hydrogen-bond acceptors (Lipinski definition) is 2. The summed E-state index contributed by atoms with van der Waals surface area (Å²) in [4.78, 5) is 2.62. The van der Waals surface area contributed by atoms with Gasteiger partial charge in [-0.05, 0) is 13.8 Å². The van der Waals surface area contributed by atoms with Crippen molar-refractivity contribution in [1.82, 2.24) is 0 Å². The van der Waals surface area contributed by atoms with Crippen molar-refractivity contribution in [2.45, 2.75) is 18.6 Å². The van der Waals surface area contributed by atoms with Gasteiger partial charge >= 0.3 is 0 Å². The highest BCUT2D eigenvalue weighted by molar-refractivity contribution is 7.74. The Balaban J connectivity index is 4.58. The average molecular weight is 148 g/mol. The molecule has 0 fully saturated rings. The van der Waals surface area contributed by atoms with Gasteiger partial charge in [0.1, 0.15) is 0 Å². The molecular formula is C4H8N2O2S. The summed E-state index contributed by atoms with van der Waals surface area (Å²) in [5.74, 6) is 0. The Bertz CT molecular complexity index is 205. The van der Waals surface area contributed by atoms with Gasteiger partial charge in [0, 0.05) is 0 Å². The number of hydrogen-bond donors (Lipinski definition) is 1. The lowest BCUT2D eigenvalue weighted by Crippen LogP contribution is -2.23. The molecule has 0 bridgehead atoms. The highest BCUT2D eigenvalue weighted by Crippen LogP contribution is 2.00. The third kappa shape index (κ3) is 2.39. The molecule has 0 aliphatic carbocycles. The van der Waals surface area contributed by atoms with Crippen LogP contribution in [0.5, 0.6) is 0 Å². The summed E-state index contributed by atoms with van der Waals surface area (Å²) in [5.41, 5.74) is 7.95. The Hall–Kier alpha value is -0.670. The fourth-order valence-corrected chi connectivity index (χ4v) is 0.334. The molecule has 0 unspecified atom stereocenters. The molecule has 0 saturated heterocycles. The van der Waals surface area contributed by atoms with Crippen molar-refractivity contribution in [2.75, 3.05) is 0 Å². The van der Waals surface area contributed by atoms with Gasteiger partial charge in [-0.25, -0.2) is 8.42 Å². The van der Waals surface area contributed by atoms with Gasteiger partial charge in [0.15, 0.2) is 15.5 Å². The number of thiol groups is 1. The Labute approximate surface area is 55.1 Å². The van der Waals surface area contributed by atoms with Gasteiger partial charge in [-0.2, -0.15) is 4.79 Å². The zero-order valence-electron chi connectivity index (χ0n) is 5.24. The summed E-state index contributed by atoms with van der Waals surface area (Å²) < 4.78 is 19.5. The number of rotatable bonds is 2. The van der Waals surface area contributed by atoms with Crippen molar-refractivity contribution >= 4 is 16.9 Å². The summed E-state index contributed by atoms with van der Waals surface area (Å²) in [6.45, 7) is 2.89. The van der Waals surface area contributed by atoms with Crippen LogP contribution in [0.15, 0.2) is 0 Å². The van der Waals surface area contributed by atoms with Gasteiger partial charge in [-0.3, -0.25) is 0 Å². The molecule has 0 atom stereocenters. The molecule has 0 heterocycles. The first kappa shape index (κ1) is 8.33. The van der Waals surface area contributed by atoms with E-state index in [1.165, 1.54) is 13.8 Å². The van der Waals surface area contributed by atoms with Crippen LogP contribution in [0.3, 0.4) is 0 Å². The van der Waals surface area contributed by atoms with Crippen LogP contribution in [-0.4, -0.2) is 24.2 Å². The lowest BCUT2D eigenvalue weighted by molar-refractivity contribution is -0.000830. The molecule has 0 saturated carbocycles. The maximum atomic E-state index is 10.2. The summed E-state index contributed by atoms with van der Waals surface area (Å²) in [6, 6.07) is 0. The molecule has 0 spiro atoms. The molecule has 0 aliphatic heterocycles.